The van der Waals surface area contributed by atoms with E-state index in [9.17, 15) is 4.79 Å². The highest BCUT2D eigenvalue weighted by Crippen LogP contribution is 2.27. The van der Waals surface area contributed by atoms with Crippen molar-refractivity contribution in [2.45, 2.75) is 0 Å². The first-order valence-electron chi connectivity index (χ1n) is 7.48. The lowest BCUT2D eigenvalue weighted by Gasteiger charge is -2.10. The Morgan fingerprint density at radius 1 is 1.08 bits per heavy atom. The van der Waals surface area contributed by atoms with Gasteiger partial charge in [0.2, 0.25) is 11.1 Å². The van der Waals surface area contributed by atoms with E-state index >= 15 is 0 Å². The summed E-state index contributed by atoms with van der Waals surface area (Å²) < 4.78 is 11.0. The molecule has 0 aliphatic carbocycles. The Hall–Kier alpha value is -3.34. The summed E-state index contributed by atoms with van der Waals surface area (Å²) in [5, 5.41) is 4.23. The average molecular weight is 318 g/mol. The Morgan fingerprint density at radius 3 is 2.83 bits per heavy atom. The number of aromatic nitrogens is 1. The minimum atomic E-state index is -0.106. The van der Waals surface area contributed by atoms with Gasteiger partial charge in [-0.2, -0.15) is 0 Å². The standard InChI is InChI=1S/C19H14N2O3/c1-23-13-6-2-5-12(11-13)21-15-8-3-9-16-17(15)18(22)14-7-4-10-20-19(14)24-16/h2-11,21H,1H3. The molecule has 0 atom stereocenters. The van der Waals surface area contributed by atoms with Gasteiger partial charge in [0.15, 0.2) is 0 Å². The highest BCUT2D eigenvalue weighted by Gasteiger charge is 2.12. The molecule has 0 unspecified atom stereocenters. The van der Waals surface area contributed by atoms with E-state index in [0.29, 0.717) is 27.8 Å². The fourth-order valence-corrected chi connectivity index (χ4v) is 2.69. The second-order valence-electron chi connectivity index (χ2n) is 5.32. The van der Waals surface area contributed by atoms with Crippen molar-refractivity contribution in [2.75, 3.05) is 12.4 Å². The molecule has 24 heavy (non-hydrogen) atoms. The van der Waals surface area contributed by atoms with Crippen LogP contribution in [0.1, 0.15) is 0 Å². The zero-order chi connectivity index (χ0) is 16.5. The third kappa shape index (κ3) is 2.36. The molecule has 2 heterocycles. The molecule has 2 aromatic carbocycles. The number of pyridine rings is 1. The number of methoxy groups -OCH3 is 1. The molecule has 0 fully saturated rings. The summed E-state index contributed by atoms with van der Waals surface area (Å²) in [4.78, 5) is 17.0. The summed E-state index contributed by atoms with van der Waals surface area (Å²) in [6, 6.07) is 16.4. The number of hydrogen-bond acceptors (Lipinski definition) is 5. The second kappa shape index (κ2) is 5.70. The van der Waals surface area contributed by atoms with Crippen LogP contribution >= 0.6 is 0 Å². The van der Waals surface area contributed by atoms with Crippen LogP contribution in [0.2, 0.25) is 0 Å². The van der Waals surface area contributed by atoms with Crippen LogP contribution in [0.15, 0.2) is 70.0 Å². The quantitative estimate of drug-likeness (QED) is 0.576. The second-order valence-corrected chi connectivity index (χ2v) is 5.32. The fraction of sp³-hybridized carbons (Fsp3) is 0.0526. The van der Waals surface area contributed by atoms with Crippen LogP contribution in [-0.4, -0.2) is 12.1 Å². The van der Waals surface area contributed by atoms with Gasteiger partial charge in [0.25, 0.3) is 0 Å². The van der Waals surface area contributed by atoms with Gasteiger partial charge in [0.05, 0.1) is 23.6 Å². The minimum Gasteiger partial charge on any atom is -0.497 e. The van der Waals surface area contributed by atoms with E-state index in [4.69, 9.17) is 9.15 Å². The number of fused-ring (bicyclic) bond motifs is 2. The average Bonchev–Trinajstić information content (AvgIpc) is 2.62. The Labute approximate surface area is 137 Å². The van der Waals surface area contributed by atoms with Gasteiger partial charge in [0, 0.05) is 18.0 Å². The van der Waals surface area contributed by atoms with Gasteiger partial charge in [-0.25, -0.2) is 4.98 Å². The molecular formula is C19H14N2O3. The van der Waals surface area contributed by atoms with Crippen molar-refractivity contribution in [3.63, 3.8) is 0 Å². The number of ether oxygens (including phenoxy) is 1. The van der Waals surface area contributed by atoms with Crippen LogP contribution in [0.4, 0.5) is 11.4 Å². The first kappa shape index (κ1) is 14.3. The van der Waals surface area contributed by atoms with Gasteiger partial charge in [0.1, 0.15) is 11.3 Å². The van der Waals surface area contributed by atoms with E-state index in [1.165, 1.54) is 0 Å². The Bertz CT molecular complexity index is 1100. The molecule has 4 aromatic rings. The highest BCUT2D eigenvalue weighted by molar-refractivity contribution is 5.97. The lowest BCUT2D eigenvalue weighted by molar-refractivity contribution is 0.415. The summed E-state index contributed by atoms with van der Waals surface area (Å²) in [6.07, 6.45) is 1.61. The summed E-state index contributed by atoms with van der Waals surface area (Å²) in [5.74, 6) is 0.738. The van der Waals surface area contributed by atoms with E-state index in [-0.39, 0.29) is 5.43 Å². The largest absolute Gasteiger partial charge is 0.497 e. The Morgan fingerprint density at radius 2 is 1.96 bits per heavy atom. The summed E-state index contributed by atoms with van der Waals surface area (Å²) in [7, 11) is 1.62. The van der Waals surface area contributed by atoms with Crippen molar-refractivity contribution in [1.82, 2.24) is 4.98 Å². The smallest absolute Gasteiger partial charge is 0.230 e. The van der Waals surface area contributed by atoms with Crippen LogP contribution in [0.3, 0.4) is 0 Å². The zero-order valence-corrected chi connectivity index (χ0v) is 12.9. The number of hydrogen-bond donors (Lipinski definition) is 1. The van der Waals surface area contributed by atoms with Crippen molar-refractivity contribution in [3.8, 4) is 5.75 Å². The molecule has 0 aliphatic heterocycles. The normalized spacial score (nSPS) is 10.9. The third-order valence-electron chi connectivity index (χ3n) is 3.82. The molecule has 0 radical (unpaired) electrons. The SMILES string of the molecule is COc1cccc(Nc2cccc3oc4ncccc4c(=O)c23)c1. The molecule has 5 heteroatoms. The molecule has 0 saturated carbocycles. The Kier molecular flexibility index (Phi) is 3.39. The van der Waals surface area contributed by atoms with Gasteiger partial charge in [-0.1, -0.05) is 12.1 Å². The lowest BCUT2D eigenvalue weighted by Crippen LogP contribution is -2.05. The molecular weight excluding hydrogens is 304 g/mol. The summed E-state index contributed by atoms with van der Waals surface area (Å²) >= 11 is 0. The van der Waals surface area contributed by atoms with E-state index in [1.807, 2.05) is 36.4 Å². The van der Waals surface area contributed by atoms with Crippen molar-refractivity contribution in [1.29, 1.82) is 0 Å². The monoisotopic (exact) mass is 318 g/mol. The van der Waals surface area contributed by atoms with Gasteiger partial charge < -0.3 is 14.5 Å². The first-order chi connectivity index (χ1) is 11.8. The van der Waals surface area contributed by atoms with Crippen molar-refractivity contribution >= 4 is 33.4 Å². The fourth-order valence-electron chi connectivity index (χ4n) is 2.69. The first-order valence-corrected chi connectivity index (χ1v) is 7.48. The molecule has 0 saturated heterocycles. The highest BCUT2D eigenvalue weighted by atomic mass is 16.5. The van der Waals surface area contributed by atoms with E-state index < -0.39 is 0 Å². The zero-order valence-electron chi connectivity index (χ0n) is 12.9. The lowest BCUT2D eigenvalue weighted by atomic mass is 10.1. The number of anilines is 2. The number of rotatable bonds is 3. The maximum Gasteiger partial charge on any atom is 0.230 e. The molecule has 0 spiro atoms. The van der Waals surface area contributed by atoms with Gasteiger partial charge in [-0.15, -0.1) is 0 Å². The van der Waals surface area contributed by atoms with Crippen LogP contribution in [0.25, 0.3) is 22.1 Å². The number of nitrogens with one attached hydrogen (secondary N) is 1. The molecule has 1 N–H and O–H groups in total. The topological polar surface area (TPSA) is 64.4 Å². The summed E-state index contributed by atoms with van der Waals surface area (Å²) in [5.41, 5.74) is 2.24. The molecule has 5 nitrogen and oxygen atoms in total. The van der Waals surface area contributed by atoms with Crippen LogP contribution in [0.5, 0.6) is 5.75 Å². The van der Waals surface area contributed by atoms with Crippen molar-refractivity contribution < 1.29 is 9.15 Å². The molecule has 2 aromatic heterocycles. The van der Waals surface area contributed by atoms with Gasteiger partial charge in [-0.05, 0) is 36.4 Å². The molecule has 4 rings (SSSR count). The van der Waals surface area contributed by atoms with E-state index in [1.54, 1.807) is 31.5 Å². The van der Waals surface area contributed by atoms with Crippen molar-refractivity contribution in [2.24, 2.45) is 0 Å². The van der Waals surface area contributed by atoms with E-state index in [2.05, 4.69) is 10.3 Å². The van der Waals surface area contributed by atoms with Crippen LogP contribution in [-0.2, 0) is 0 Å². The molecule has 0 aliphatic rings. The maximum atomic E-state index is 12.9. The maximum absolute atomic E-state index is 12.9. The number of benzene rings is 2. The summed E-state index contributed by atoms with van der Waals surface area (Å²) in [6.45, 7) is 0. The third-order valence-corrected chi connectivity index (χ3v) is 3.82. The van der Waals surface area contributed by atoms with Crippen molar-refractivity contribution in [3.05, 3.63) is 71.0 Å². The van der Waals surface area contributed by atoms with Gasteiger partial charge >= 0.3 is 0 Å². The predicted molar refractivity (Wildman–Crippen MR) is 94.1 cm³/mol. The minimum absolute atomic E-state index is 0.106. The van der Waals surface area contributed by atoms with Gasteiger partial charge in [-0.3, -0.25) is 4.79 Å². The Balaban J connectivity index is 1.92. The number of nitrogens with zero attached hydrogens (tertiary/aromatic N) is 1. The predicted octanol–water partition coefficient (Wildman–Crippen LogP) is 4.09. The molecule has 0 bridgehead atoms. The van der Waals surface area contributed by atoms with Crippen LogP contribution in [0, 0.1) is 0 Å². The molecule has 118 valence electrons. The van der Waals surface area contributed by atoms with E-state index in [0.717, 1.165) is 11.4 Å². The molecule has 0 amide bonds. The van der Waals surface area contributed by atoms with Crippen LogP contribution < -0.4 is 15.5 Å².